The minimum atomic E-state index is 1.11. The van der Waals surface area contributed by atoms with Crippen LogP contribution in [-0.4, -0.2) is 0 Å². The van der Waals surface area contributed by atoms with Gasteiger partial charge in [0.1, 0.15) is 0 Å². The van der Waals surface area contributed by atoms with Gasteiger partial charge in [-0.3, -0.25) is 0 Å². The molecule has 59 heavy (non-hydrogen) atoms. The molecule has 278 valence electrons. The van der Waals surface area contributed by atoms with Crippen LogP contribution in [0.3, 0.4) is 0 Å². The van der Waals surface area contributed by atoms with E-state index in [9.17, 15) is 0 Å². The summed E-state index contributed by atoms with van der Waals surface area (Å²) in [6, 6.07) is 83.5. The van der Waals surface area contributed by atoms with E-state index in [2.05, 4.69) is 240 Å². The molecule has 1 heterocycles. The lowest BCUT2D eigenvalue weighted by Gasteiger charge is -2.29. The van der Waals surface area contributed by atoms with E-state index in [1.165, 1.54) is 64.0 Å². The molecule has 0 spiro atoms. The molecular weight excluding hydrogens is 733 g/mol. The molecule has 0 bridgehead atoms. The largest absolute Gasteiger partial charge is 0.309 e. The SMILES string of the molecule is c1ccc(-c2ccccc2N(c2ccccc2)c2cc3c4cc(N(c5ccccc5)c5ccccc5-c5ccccc5)c5ccccc5c4sc3c3ccccc23)cc1. The average molecular weight is 771 g/mol. The predicted octanol–water partition coefficient (Wildman–Crippen LogP) is 16.6. The molecule has 0 amide bonds. The number of anilines is 6. The number of fused-ring (bicyclic) bond motifs is 7. The van der Waals surface area contributed by atoms with E-state index in [1.54, 1.807) is 0 Å². The van der Waals surface area contributed by atoms with E-state index < -0.39 is 0 Å². The number of thiophene rings is 1. The summed E-state index contributed by atoms with van der Waals surface area (Å²) in [5.74, 6) is 0. The van der Waals surface area contributed by atoms with Crippen molar-refractivity contribution in [1.29, 1.82) is 0 Å². The smallest absolute Gasteiger partial charge is 0.0547 e. The van der Waals surface area contributed by atoms with Crippen LogP contribution in [0.4, 0.5) is 34.1 Å². The number of hydrogen-bond acceptors (Lipinski definition) is 3. The fourth-order valence-electron chi connectivity index (χ4n) is 8.78. The highest BCUT2D eigenvalue weighted by molar-refractivity contribution is 7.27. The van der Waals surface area contributed by atoms with Gasteiger partial charge in [-0.2, -0.15) is 0 Å². The van der Waals surface area contributed by atoms with Crippen LogP contribution in [-0.2, 0) is 0 Å². The summed E-state index contributed by atoms with van der Waals surface area (Å²) in [6.45, 7) is 0. The summed E-state index contributed by atoms with van der Waals surface area (Å²) in [6.07, 6.45) is 0. The Morgan fingerprint density at radius 3 is 0.983 bits per heavy atom. The van der Waals surface area contributed by atoms with Gasteiger partial charge in [0.25, 0.3) is 0 Å². The third-order valence-corrected chi connectivity index (χ3v) is 12.7. The average Bonchev–Trinajstić information content (AvgIpc) is 3.70. The van der Waals surface area contributed by atoms with Crippen LogP contribution in [0.1, 0.15) is 0 Å². The van der Waals surface area contributed by atoms with Crippen molar-refractivity contribution in [3.63, 3.8) is 0 Å². The van der Waals surface area contributed by atoms with Gasteiger partial charge in [0.05, 0.1) is 22.7 Å². The zero-order valence-corrected chi connectivity index (χ0v) is 33.1. The summed E-state index contributed by atoms with van der Waals surface area (Å²) < 4.78 is 2.59. The van der Waals surface area contributed by atoms with Crippen LogP contribution in [0.25, 0.3) is 64.0 Å². The lowest BCUT2D eigenvalue weighted by Crippen LogP contribution is -2.12. The summed E-state index contributed by atoms with van der Waals surface area (Å²) in [7, 11) is 0. The predicted molar refractivity (Wildman–Crippen MR) is 255 cm³/mol. The first kappa shape index (κ1) is 34.8. The van der Waals surface area contributed by atoms with Crippen molar-refractivity contribution in [3.8, 4) is 22.3 Å². The molecule has 0 aliphatic rings. The fourth-order valence-corrected chi connectivity index (χ4v) is 10.1. The van der Waals surface area contributed by atoms with Gasteiger partial charge in [-0.05, 0) is 59.7 Å². The van der Waals surface area contributed by atoms with E-state index in [0.717, 1.165) is 34.1 Å². The lowest BCUT2D eigenvalue weighted by molar-refractivity contribution is 1.30. The Morgan fingerprint density at radius 2 is 0.576 bits per heavy atom. The van der Waals surface area contributed by atoms with Crippen molar-refractivity contribution in [2.24, 2.45) is 0 Å². The highest BCUT2D eigenvalue weighted by Gasteiger charge is 2.25. The van der Waals surface area contributed by atoms with Gasteiger partial charge in [-0.15, -0.1) is 11.3 Å². The first-order valence-corrected chi connectivity index (χ1v) is 20.9. The zero-order valence-electron chi connectivity index (χ0n) is 32.2. The molecule has 0 aliphatic heterocycles. The van der Waals surface area contributed by atoms with Crippen LogP contribution >= 0.6 is 11.3 Å². The molecule has 11 aromatic rings. The van der Waals surface area contributed by atoms with Crippen LogP contribution in [0.5, 0.6) is 0 Å². The maximum Gasteiger partial charge on any atom is 0.0547 e. The standard InChI is InChI=1S/C56H38N2S/c1-5-21-39(22-6-1)43-29-17-19-35-51(43)57(41-25-9-3-10-26-41)53-37-49-50-38-54(46-32-14-16-34-48(46)56(50)59-55(49)47-33-15-13-31-45(47)53)58(42-27-11-4-12-28-42)52-36-20-18-30-44(52)40-23-7-2-8-24-40/h1-38H. The number of benzene rings is 10. The Morgan fingerprint density at radius 1 is 0.254 bits per heavy atom. The van der Waals surface area contributed by atoms with E-state index in [0.29, 0.717) is 0 Å². The first-order chi connectivity index (χ1) is 29.3. The Labute approximate surface area is 348 Å². The summed E-state index contributed by atoms with van der Waals surface area (Å²) in [4.78, 5) is 4.92. The minimum Gasteiger partial charge on any atom is -0.309 e. The molecule has 2 nitrogen and oxygen atoms in total. The van der Waals surface area contributed by atoms with Crippen LogP contribution in [0.2, 0.25) is 0 Å². The number of rotatable bonds is 8. The topological polar surface area (TPSA) is 6.48 Å². The number of para-hydroxylation sites is 4. The minimum absolute atomic E-state index is 1.11. The van der Waals surface area contributed by atoms with Crippen LogP contribution in [0, 0.1) is 0 Å². The molecule has 10 aromatic carbocycles. The van der Waals surface area contributed by atoms with E-state index in [1.807, 2.05) is 11.3 Å². The zero-order chi connectivity index (χ0) is 39.1. The Hall–Kier alpha value is -7.46. The van der Waals surface area contributed by atoms with Gasteiger partial charge in [-0.25, -0.2) is 0 Å². The molecule has 11 rings (SSSR count). The summed E-state index contributed by atoms with van der Waals surface area (Å²) >= 11 is 1.91. The molecule has 3 heteroatoms. The third kappa shape index (κ3) is 6.03. The monoisotopic (exact) mass is 770 g/mol. The third-order valence-electron chi connectivity index (χ3n) is 11.4. The van der Waals surface area contributed by atoms with Crippen LogP contribution in [0.15, 0.2) is 231 Å². The Bertz CT molecular complexity index is 3050. The molecule has 0 fully saturated rings. The van der Waals surface area contributed by atoms with Crippen molar-refractivity contribution in [3.05, 3.63) is 231 Å². The molecule has 1 aromatic heterocycles. The number of hydrogen-bond donors (Lipinski definition) is 0. The van der Waals surface area contributed by atoms with Crippen LogP contribution < -0.4 is 9.80 Å². The van der Waals surface area contributed by atoms with Crippen molar-refractivity contribution in [2.45, 2.75) is 0 Å². The summed E-state index contributed by atoms with van der Waals surface area (Å²) in [5, 5.41) is 7.41. The van der Waals surface area contributed by atoms with Crippen molar-refractivity contribution >= 4 is 87.2 Å². The molecule has 0 N–H and O–H groups in total. The number of nitrogens with zero attached hydrogens (tertiary/aromatic N) is 2. The maximum atomic E-state index is 2.46. The highest BCUT2D eigenvalue weighted by Crippen LogP contribution is 2.52. The fraction of sp³-hybridized carbons (Fsp3) is 0. The molecule has 0 radical (unpaired) electrons. The van der Waals surface area contributed by atoms with E-state index >= 15 is 0 Å². The molecule has 0 atom stereocenters. The van der Waals surface area contributed by atoms with Gasteiger partial charge in [0, 0.05) is 64.2 Å². The van der Waals surface area contributed by atoms with Crippen molar-refractivity contribution < 1.29 is 0 Å². The van der Waals surface area contributed by atoms with E-state index in [4.69, 9.17) is 0 Å². The second kappa shape index (κ2) is 14.8. The second-order valence-electron chi connectivity index (χ2n) is 14.8. The quantitative estimate of drug-likeness (QED) is 0.152. The molecule has 0 unspecified atom stereocenters. The lowest BCUT2D eigenvalue weighted by atomic mass is 9.97. The van der Waals surface area contributed by atoms with E-state index in [-0.39, 0.29) is 0 Å². The van der Waals surface area contributed by atoms with Gasteiger partial charge < -0.3 is 9.80 Å². The van der Waals surface area contributed by atoms with Gasteiger partial charge in [0.15, 0.2) is 0 Å². The molecule has 0 aliphatic carbocycles. The van der Waals surface area contributed by atoms with Gasteiger partial charge in [-0.1, -0.05) is 182 Å². The maximum absolute atomic E-state index is 2.46. The second-order valence-corrected chi connectivity index (χ2v) is 15.9. The Kier molecular flexibility index (Phi) is 8.72. The Balaban J connectivity index is 1.23. The first-order valence-electron chi connectivity index (χ1n) is 20.1. The molecular formula is C56H38N2S. The van der Waals surface area contributed by atoms with Crippen molar-refractivity contribution in [2.75, 3.05) is 9.80 Å². The normalized spacial score (nSPS) is 11.4. The van der Waals surface area contributed by atoms with Gasteiger partial charge >= 0.3 is 0 Å². The van der Waals surface area contributed by atoms with Gasteiger partial charge in [0.2, 0.25) is 0 Å². The molecule has 0 saturated carbocycles. The summed E-state index contributed by atoms with van der Waals surface area (Å²) in [5.41, 5.74) is 11.5. The highest BCUT2D eigenvalue weighted by atomic mass is 32.1. The van der Waals surface area contributed by atoms with Crippen molar-refractivity contribution in [1.82, 2.24) is 0 Å². The molecule has 0 saturated heterocycles.